The van der Waals surface area contributed by atoms with Gasteiger partial charge in [0.2, 0.25) is 0 Å². The van der Waals surface area contributed by atoms with Crippen molar-refractivity contribution < 1.29 is 4.74 Å². The fourth-order valence-corrected chi connectivity index (χ4v) is 1.00. The molecule has 0 spiro atoms. The third-order valence-electron chi connectivity index (χ3n) is 1.74. The molecule has 0 aliphatic rings. The molecule has 1 rings (SSSR count). The SMILES string of the molecule is [CH2]c1ccc(OCCCC=C)cc1. The van der Waals surface area contributed by atoms with E-state index in [1.54, 1.807) is 0 Å². The Balaban J connectivity index is 2.28. The molecule has 69 valence electrons. The zero-order valence-electron chi connectivity index (χ0n) is 7.83. The van der Waals surface area contributed by atoms with Crippen LogP contribution in [0.1, 0.15) is 18.4 Å². The highest BCUT2D eigenvalue weighted by molar-refractivity contribution is 5.28. The van der Waals surface area contributed by atoms with Gasteiger partial charge in [-0.15, -0.1) is 6.58 Å². The van der Waals surface area contributed by atoms with Crippen molar-refractivity contribution in [2.75, 3.05) is 6.61 Å². The lowest BCUT2D eigenvalue weighted by atomic mass is 10.2. The summed E-state index contributed by atoms with van der Waals surface area (Å²) in [5.74, 6) is 0.913. The summed E-state index contributed by atoms with van der Waals surface area (Å²) >= 11 is 0. The maximum absolute atomic E-state index is 5.49. The quantitative estimate of drug-likeness (QED) is 0.493. The first-order valence-corrected chi connectivity index (χ1v) is 4.48. The predicted molar refractivity (Wildman–Crippen MR) is 55.8 cm³/mol. The minimum atomic E-state index is 0.752. The van der Waals surface area contributed by atoms with Gasteiger partial charge in [0.15, 0.2) is 0 Å². The standard InChI is InChI=1S/C12H15O/c1-3-4-5-10-13-12-8-6-11(2)7-9-12/h3,6-9H,1-2,4-5,10H2. The van der Waals surface area contributed by atoms with Gasteiger partial charge in [0.1, 0.15) is 5.75 Å². The first kappa shape index (κ1) is 9.85. The van der Waals surface area contributed by atoms with Crippen LogP contribution >= 0.6 is 0 Å². The van der Waals surface area contributed by atoms with Crippen LogP contribution in [0.5, 0.6) is 5.75 Å². The number of hydrogen-bond acceptors (Lipinski definition) is 1. The Labute approximate surface area is 80.0 Å². The molecule has 0 bridgehead atoms. The van der Waals surface area contributed by atoms with Crippen LogP contribution in [-0.4, -0.2) is 6.61 Å². The van der Waals surface area contributed by atoms with E-state index in [1.807, 2.05) is 30.3 Å². The average molecular weight is 175 g/mol. The number of rotatable bonds is 5. The molecule has 0 fully saturated rings. The zero-order chi connectivity index (χ0) is 9.52. The van der Waals surface area contributed by atoms with Crippen LogP contribution in [0.2, 0.25) is 0 Å². The summed E-state index contributed by atoms with van der Waals surface area (Å²) in [4.78, 5) is 0. The smallest absolute Gasteiger partial charge is 0.119 e. The molecule has 0 saturated heterocycles. The summed E-state index contributed by atoms with van der Waals surface area (Å²) in [7, 11) is 0. The van der Waals surface area contributed by atoms with Crippen molar-refractivity contribution in [3.63, 3.8) is 0 Å². The monoisotopic (exact) mass is 175 g/mol. The minimum absolute atomic E-state index is 0.752. The lowest BCUT2D eigenvalue weighted by Crippen LogP contribution is -1.96. The van der Waals surface area contributed by atoms with E-state index in [0.29, 0.717) is 0 Å². The summed E-state index contributed by atoms with van der Waals surface area (Å²) in [6, 6.07) is 7.78. The van der Waals surface area contributed by atoms with Crippen molar-refractivity contribution in [1.29, 1.82) is 0 Å². The summed E-state index contributed by atoms with van der Waals surface area (Å²) in [5, 5.41) is 0. The van der Waals surface area contributed by atoms with Gasteiger partial charge in [-0.1, -0.05) is 18.2 Å². The number of benzene rings is 1. The van der Waals surface area contributed by atoms with E-state index in [2.05, 4.69) is 13.5 Å². The number of hydrogen-bond donors (Lipinski definition) is 0. The van der Waals surface area contributed by atoms with Crippen LogP contribution in [0.25, 0.3) is 0 Å². The zero-order valence-corrected chi connectivity index (χ0v) is 7.83. The lowest BCUT2D eigenvalue weighted by Gasteiger charge is -2.04. The van der Waals surface area contributed by atoms with Gasteiger partial charge >= 0.3 is 0 Å². The highest BCUT2D eigenvalue weighted by Gasteiger charge is 1.91. The normalized spacial score (nSPS) is 9.62. The lowest BCUT2D eigenvalue weighted by molar-refractivity contribution is 0.312. The molecule has 1 nitrogen and oxygen atoms in total. The largest absolute Gasteiger partial charge is 0.494 e. The van der Waals surface area contributed by atoms with Gasteiger partial charge in [-0.05, 0) is 37.5 Å². The van der Waals surface area contributed by atoms with Gasteiger partial charge in [-0.2, -0.15) is 0 Å². The molecular weight excluding hydrogens is 160 g/mol. The molecule has 1 aromatic rings. The summed E-state index contributed by atoms with van der Waals surface area (Å²) < 4.78 is 5.49. The van der Waals surface area contributed by atoms with Crippen LogP contribution in [0.15, 0.2) is 36.9 Å². The van der Waals surface area contributed by atoms with E-state index in [4.69, 9.17) is 4.74 Å². The molecule has 0 aliphatic heterocycles. The average Bonchev–Trinajstić information content (AvgIpc) is 2.15. The fourth-order valence-electron chi connectivity index (χ4n) is 1.00. The Bertz CT molecular complexity index is 248. The van der Waals surface area contributed by atoms with Crippen LogP contribution in [0, 0.1) is 6.92 Å². The maximum Gasteiger partial charge on any atom is 0.119 e. The Morgan fingerprint density at radius 2 is 1.92 bits per heavy atom. The van der Waals surface area contributed by atoms with Gasteiger partial charge in [0.05, 0.1) is 6.61 Å². The van der Waals surface area contributed by atoms with Crippen molar-refractivity contribution in [1.82, 2.24) is 0 Å². The Morgan fingerprint density at radius 1 is 1.23 bits per heavy atom. The molecular formula is C12H15O. The van der Waals surface area contributed by atoms with Crippen molar-refractivity contribution in [3.05, 3.63) is 49.4 Å². The molecule has 0 heterocycles. The molecule has 1 radical (unpaired) electrons. The first-order valence-electron chi connectivity index (χ1n) is 4.48. The highest BCUT2D eigenvalue weighted by atomic mass is 16.5. The molecule has 1 aromatic carbocycles. The maximum atomic E-state index is 5.49. The molecule has 0 N–H and O–H groups in total. The molecule has 0 aliphatic carbocycles. The number of unbranched alkanes of at least 4 members (excludes halogenated alkanes) is 1. The second-order valence-electron chi connectivity index (χ2n) is 2.92. The first-order chi connectivity index (χ1) is 6.33. The third-order valence-corrected chi connectivity index (χ3v) is 1.74. The van der Waals surface area contributed by atoms with E-state index in [-0.39, 0.29) is 0 Å². The molecule has 0 saturated carbocycles. The van der Waals surface area contributed by atoms with Crippen molar-refractivity contribution in [2.24, 2.45) is 0 Å². The number of allylic oxidation sites excluding steroid dienone is 1. The van der Waals surface area contributed by atoms with Gasteiger partial charge in [-0.25, -0.2) is 0 Å². The summed E-state index contributed by atoms with van der Waals surface area (Å²) in [5.41, 5.74) is 1.01. The van der Waals surface area contributed by atoms with Gasteiger partial charge in [-0.3, -0.25) is 0 Å². The second kappa shape index (κ2) is 5.41. The minimum Gasteiger partial charge on any atom is -0.494 e. The van der Waals surface area contributed by atoms with Crippen LogP contribution in [0.3, 0.4) is 0 Å². The van der Waals surface area contributed by atoms with E-state index in [1.165, 1.54) is 0 Å². The number of ether oxygens (including phenoxy) is 1. The molecule has 13 heavy (non-hydrogen) atoms. The van der Waals surface area contributed by atoms with E-state index in [0.717, 1.165) is 30.8 Å². The molecule has 0 aromatic heterocycles. The van der Waals surface area contributed by atoms with Crippen LogP contribution in [0.4, 0.5) is 0 Å². The summed E-state index contributed by atoms with van der Waals surface area (Å²) in [6.07, 6.45) is 3.94. The van der Waals surface area contributed by atoms with E-state index in [9.17, 15) is 0 Å². The second-order valence-corrected chi connectivity index (χ2v) is 2.92. The van der Waals surface area contributed by atoms with Gasteiger partial charge in [0, 0.05) is 0 Å². The van der Waals surface area contributed by atoms with E-state index < -0.39 is 0 Å². The van der Waals surface area contributed by atoms with Crippen molar-refractivity contribution >= 4 is 0 Å². The fraction of sp³-hybridized carbons (Fsp3) is 0.250. The molecule has 0 atom stereocenters. The molecule has 0 unspecified atom stereocenters. The van der Waals surface area contributed by atoms with E-state index >= 15 is 0 Å². The Hall–Kier alpha value is -1.24. The molecule has 1 heteroatoms. The van der Waals surface area contributed by atoms with Gasteiger partial charge < -0.3 is 4.74 Å². The predicted octanol–water partition coefficient (Wildman–Crippen LogP) is 3.21. The Kier molecular flexibility index (Phi) is 4.10. The topological polar surface area (TPSA) is 9.23 Å². The van der Waals surface area contributed by atoms with Crippen LogP contribution < -0.4 is 4.74 Å². The third kappa shape index (κ3) is 3.79. The van der Waals surface area contributed by atoms with Gasteiger partial charge in [0.25, 0.3) is 0 Å². The molecule has 0 amide bonds. The summed E-state index contributed by atoms with van der Waals surface area (Å²) in [6.45, 7) is 8.21. The highest BCUT2D eigenvalue weighted by Crippen LogP contribution is 2.11. The Morgan fingerprint density at radius 3 is 2.54 bits per heavy atom. The van der Waals surface area contributed by atoms with Crippen LogP contribution in [-0.2, 0) is 0 Å². The van der Waals surface area contributed by atoms with Crippen molar-refractivity contribution in [3.8, 4) is 5.75 Å². The van der Waals surface area contributed by atoms with Crippen molar-refractivity contribution in [2.45, 2.75) is 12.8 Å².